The first-order chi connectivity index (χ1) is 20.3. The summed E-state index contributed by atoms with van der Waals surface area (Å²) in [5.74, 6) is -2.37. The summed E-state index contributed by atoms with van der Waals surface area (Å²) in [7, 11) is 1.71. The number of rotatable bonds is 12. The first kappa shape index (κ1) is 29.7. The maximum atomic E-state index is 14.8. The van der Waals surface area contributed by atoms with Gasteiger partial charge in [-0.05, 0) is 30.4 Å². The molecule has 222 valence electrons. The number of ether oxygens (including phenoxy) is 1. The molecule has 1 spiro atoms. The van der Waals surface area contributed by atoms with Crippen molar-refractivity contribution in [3.63, 3.8) is 0 Å². The lowest BCUT2D eigenvalue weighted by molar-refractivity contribution is -0.158. The highest BCUT2D eigenvalue weighted by atomic mass is 16.5. The molecule has 42 heavy (non-hydrogen) atoms. The van der Waals surface area contributed by atoms with Crippen LogP contribution in [0, 0.1) is 11.8 Å². The maximum absolute atomic E-state index is 14.8. The van der Waals surface area contributed by atoms with E-state index >= 15 is 0 Å². The van der Waals surface area contributed by atoms with Crippen LogP contribution in [0.15, 0.2) is 86.0 Å². The monoisotopic (exact) mass is 571 g/mol. The van der Waals surface area contributed by atoms with Gasteiger partial charge in [-0.25, -0.2) is 0 Å². The number of fused-ring (bicyclic) bond motifs is 1. The van der Waals surface area contributed by atoms with Gasteiger partial charge in [0.2, 0.25) is 17.7 Å². The third kappa shape index (κ3) is 4.67. The minimum absolute atomic E-state index is 0.183. The van der Waals surface area contributed by atoms with E-state index in [1.54, 1.807) is 29.0 Å². The third-order valence-corrected chi connectivity index (χ3v) is 9.47. The van der Waals surface area contributed by atoms with E-state index in [0.29, 0.717) is 37.9 Å². The van der Waals surface area contributed by atoms with Crippen molar-refractivity contribution >= 4 is 17.7 Å². The number of hydrogen-bond donors (Lipinski definition) is 1. The van der Waals surface area contributed by atoms with Gasteiger partial charge in [0.15, 0.2) is 0 Å². The van der Waals surface area contributed by atoms with Gasteiger partial charge in [0.05, 0.1) is 30.1 Å². The van der Waals surface area contributed by atoms with Gasteiger partial charge < -0.3 is 24.5 Å². The molecule has 2 aromatic carbocycles. The molecule has 2 unspecified atom stereocenters. The summed E-state index contributed by atoms with van der Waals surface area (Å²) in [6, 6.07) is 17.1. The summed E-state index contributed by atoms with van der Waals surface area (Å²) in [6.45, 7) is 10.2. The van der Waals surface area contributed by atoms with Gasteiger partial charge in [-0.15, -0.1) is 13.2 Å². The Kier molecular flexibility index (Phi) is 8.39. The Balaban J connectivity index is 1.65. The topological polar surface area (TPSA) is 90.4 Å². The Morgan fingerprint density at radius 3 is 2.29 bits per heavy atom. The molecule has 3 heterocycles. The van der Waals surface area contributed by atoms with E-state index in [1.807, 2.05) is 67.6 Å². The normalized spacial score (nSPS) is 28.3. The van der Waals surface area contributed by atoms with Crippen LogP contribution in [-0.4, -0.2) is 81.5 Å². The second-order valence-electron chi connectivity index (χ2n) is 11.7. The number of aliphatic hydroxyl groups is 1. The SMILES string of the molecule is C=CCN(C)C(=O)[C@@H]1[C@H]2C(=O)N([C@H](CO)c3ccccc3)C(C(=O)N(CC=C)Cc3ccccc3)C23CC[C@@]1(CC)O3. The highest BCUT2D eigenvalue weighted by Crippen LogP contribution is 2.65. The third-order valence-electron chi connectivity index (χ3n) is 9.47. The lowest BCUT2D eigenvalue weighted by atomic mass is 9.64. The van der Waals surface area contributed by atoms with Gasteiger partial charge >= 0.3 is 0 Å². The largest absolute Gasteiger partial charge is 0.394 e. The van der Waals surface area contributed by atoms with Crippen LogP contribution < -0.4 is 0 Å². The summed E-state index contributed by atoms with van der Waals surface area (Å²) in [5, 5.41) is 10.7. The number of hydrogen-bond acceptors (Lipinski definition) is 5. The zero-order valence-electron chi connectivity index (χ0n) is 24.5. The standard InChI is InChI=1S/C34H41N3O5/c1-5-20-35(4)30(39)27-28-31(40)37(26(23-38)25-16-12-9-13-17-25)29(34(28)19-18-33(27,7-3)42-34)32(41)36(21-6-2)22-24-14-10-8-11-15-24/h5-6,8-17,26-29,38H,1-2,7,18-23H2,3-4H3/t26-,27+,28+,29?,33-,34?/m1/s1. The minimum atomic E-state index is -1.20. The molecule has 0 radical (unpaired) electrons. The van der Waals surface area contributed by atoms with E-state index in [4.69, 9.17) is 4.74 Å². The molecule has 6 atom stereocenters. The van der Waals surface area contributed by atoms with Crippen LogP contribution in [-0.2, 0) is 25.7 Å². The van der Waals surface area contributed by atoms with Crippen LogP contribution in [0.5, 0.6) is 0 Å². The van der Waals surface area contributed by atoms with Crippen LogP contribution in [0.4, 0.5) is 0 Å². The number of amides is 3. The number of likely N-dealkylation sites (N-methyl/N-ethyl adjacent to an activating group) is 1. The fraction of sp³-hybridized carbons (Fsp3) is 0.441. The molecule has 0 aliphatic carbocycles. The van der Waals surface area contributed by atoms with E-state index in [0.717, 1.165) is 5.56 Å². The van der Waals surface area contributed by atoms with Gasteiger partial charge in [-0.3, -0.25) is 14.4 Å². The van der Waals surface area contributed by atoms with Crippen molar-refractivity contribution in [3.05, 3.63) is 97.1 Å². The van der Waals surface area contributed by atoms with Crippen molar-refractivity contribution in [2.75, 3.05) is 26.7 Å². The number of nitrogens with zero attached hydrogens (tertiary/aromatic N) is 3. The quantitative estimate of drug-likeness (QED) is 0.392. The fourth-order valence-corrected chi connectivity index (χ4v) is 7.56. The van der Waals surface area contributed by atoms with Crippen LogP contribution in [0.1, 0.15) is 43.4 Å². The van der Waals surface area contributed by atoms with Crippen molar-refractivity contribution in [2.45, 2.75) is 56.0 Å². The van der Waals surface area contributed by atoms with E-state index < -0.39 is 35.1 Å². The van der Waals surface area contributed by atoms with Gasteiger partial charge in [0, 0.05) is 26.7 Å². The molecule has 8 heteroatoms. The lowest BCUT2D eigenvalue weighted by Gasteiger charge is -2.39. The summed E-state index contributed by atoms with van der Waals surface area (Å²) < 4.78 is 6.94. The van der Waals surface area contributed by atoms with E-state index in [2.05, 4.69) is 13.2 Å². The number of carbonyl (C=O) groups is 3. The predicted molar refractivity (Wildman–Crippen MR) is 160 cm³/mol. The van der Waals surface area contributed by atoms with Gasteiger partial charge in [0.1, 0.15) is 11.6 Å². The molecule has 3 fully saturated rings. The van der Waals surface area contributed by atoms with E-state index in [1.165, 1.54) is 4.90 Å². The molecule has 8 nitrogen and oxygen atoms in total. The molecular formula is C34H41N3O5. The average molecular weight is 572 g/mol. The van der Waals surface area contributed by atoms with E-state index in [9.17, 15) is 19.5 Å². The molecule has 3 amide bonds. The van der Waals surface area contributed by atoms with Crippen molar-refractivity contribution < 1.29 is 24.2 Å². The summed E-state index contributed by atoms with van der Waals surface area (Å²) in [5.41, 5.74) is -0.383. The average Bonchev–Trinajstić information content (AvgIpc) is 3.62. The van der Waals surface area contributed by atoms with Crippen molar-refractivity contribution in [1.82, 2.24) is 14.7 Å². The molecule has 3 saturated heterocycles. The second-order valence-corrected chi connectivity index (χ2v) is 11.7. The molecule has 0 saturated carbocycles. The van der Waals surface area contributed by atoms with E-state index in [-0.39, 0.29) is 30.9 Å². The number of aliphatic hydroxyl groups excluding tert-OH is 1. The van der Waals surface area contributed by atoms with Crippen LogP contribution in [0.3, 0.4) is 0 Å². The summed E-state index contributed by atoms with van der Waals surface area (Å²) in [6.07, 6.45) is 4.91. The predicted octanol–water partition coefficient (Wildman–Crippen LogP) is 3.73. The minimum Gasteiger partial charge on any atom is -0.394 e. The smallest absolute Gasteiger partial charge is 0.249 e. The number of carbonyl (C=O) groups excluding carboxylic acids is 3. The molecule has 0 aromatic heterocycles. The van der Waals surface area contributed by atoms with Crippen molar-refractivity contribution in [3.8, 4) is 0 Å². The second kappa shape index (κ2) is 11.9. The Bertz CT molecular complexity index is 1330. The molecule has 2 aromatic rings. The maximum Gasteiger partial charge on any atom is 0.249 e. The molecule has 1 N–H and O–H groups in total. The zero-order valence-corrected chi connectivity index (χ0v) is 24.5. The number of likely N-dealkylation sites (tertiary alicyclic amines) is 1. The first-order valence-electron chi connectivity index (χ1n) is 14.8. The fourth-order valence-electron chi connectivity index (χ4n) is 7.56. The Labute approximate surface area is 248 Å². The molecular weight excluding hydrogens is 530 g/mol. The van der Waals surface area contributed by atoms with Crippen molar-refractivity contribution in [2.24, 2.45) is 11.8 Å². The van der Waals surface area contributed by atoms with Gasteiger partial charge in [-0.1, -0.05) is 79.7 Å². The van der Waals surface area contributed by atoms with Crippen LogP contribution in [0.2, 0.25) is 0 Å². The molecule has 3 aliphatic heterocycles. The lowest BCUT2D eigenvalue weighted by Crippen LogP contribution is -2.57. The van der Waals surface area contributed by atoms with Crippen molar-refractivity contribution in [1.29, 1.82) is 0 Å². The summed E-state index contributed by atoms with van der Waals surface area (Å²) in [4.78, 5) is 48.3. The molecule has 5 rings (SSSR count). The van der Waals surface area contributed by atoms with Gasteiger partial charge in [0.25, 0.3) is 0 Å². The Hall–Kier alpha value is -3.75. The Morgan fingerprint density at radius 1 is 1.05 bits per heavy atom. The number of benzene rings is 2. The highest BCUT2D eigenvalue weighted by molar-refractivity contribution is 5.99. The van der Waals surface area contributed by atoms with Crippen LogP contribution >= 0.6 is 0 Å². The molecule has 2 bridgehead atoms. The zero-order chi connectivity index (χ0) is 30.1. The first-order valence-corrected chi connectivity index (χ1v) is 14.8. The molecule has 3 aliphatic rings. The highest BCUT2D eigenvalue weighted by Gasteiger charge is 2.79. The summed E-state index contributed by atoms with van der Waals surface area (Å²) >= 11 is 0. The Morgan fingerprint density at radius 2 is 1.69 bits per heavy atom. The van der Waals surface area contributed by atoms with Gasteiger partial charge in [-0.2, -0.15) is 0 Å². The van der Waals surface area contributed by atoms with Crippen LogP contribution in [0.25, 0.3) is 0 Å².